The van der Waals surface area contributed by atoms with Gasteiger partial charge in [0.1, 0.15) is 28.9 Å². The molecule has 1 unspecified atom stereocenters. The van der Waals surface area contributed by atoms with Crippen LogP contribution in [0.5, 0.6) is 0 Å². The standard InChI is InChI=1S/C15H15F2N5O3.C9H6F4O2/c1-6-5-22-12(13(18)20-6)11(21-14(22)15(23,24)25)7-3-4-8(19-2)10(17)9(7)16;10-7-2-5(8(15)4-14)1-6(3-7)9(11,12)13/h3-5,19,23-25H,1-2H3,(H2,18,20);1-4,8,15H. The molecule has 16 heteroatoms. The molecule has 1 atom stereocenters. The number of carbonyl (C=O) groups excluding carboxylic acids is 1. The second-order valence-electron chi connectivity index (χ2n) is 8.30. The van der Waals surface area contributed by atoms with Gasteiger partial charge in [0.05, 0.1) is 16.9 Å². The zero-order valence-corrected chi connectivity index (χ0v) is 20.5. The Morgan fingerprint density at radius 1 is 1.05 bits per heavy atom. The van der Waals surface area contributed by atoms with Gasteiger partial charge in [-0.3, -0.25) is 4.40 Å². The summed E-state index contributed by atoms with van der Waals surface area (Å²) >= 11 is 0. The molecule has 4 rings (SSSR count). The van der Waals surface area contributed by atoms with Crippen molar-refractivity contribution in [2.75, 3.05) is 18.1 Å². The van der Waals surface area contributed by atoms with Crippen LogP contribution in [0.15, 0.2) is 36.5 Å². The summed E-state index contributed by atoms with van der Waals surface area (Å²) in [7, 11) is 1.43. The summed E-state index contributed by atoms with van der Waals surface area (Å²) in [4.78, 5) is 18.0. The van der Waals surface area contributed by atoms with E-state index in [0.717, 1.165) is 4.40 Å². The molecular formula is C24H21F6N5O5. The van der Waals surface area contributed by atoms with Gasteiger partial charge in [-0.25, -0.2) is 23.1 Å². The third-order valence-electron chi connectivity index (χ3n) is 5.39. The number of benzene rings is 2. The summed E-state index contributed by atoms with van der Waals surface area (Å²) in [5.41, 5.74) is 4.05. The Kier molecular flexibility index (Phi) is 8.40. The minimum absolute atomic E-state index is 0.00219. The number of nitrogens with zero attached hydrogens (tertiary/aromatic N) is 3. The van der Waals surface area contributed by atoms with Crippen LogP contribution in [0.25, 0.3) is 16.8 Å². The van der Waals surface area contributed by atoms with Gasteiger partial charge < -0.3 is 36.3 Å². The van der Waals surface area contributed by atoms with Gasteiger partial charge in [-0.2, -0.15) is 13.2 Å². The quantitative estimate of drug-likeness (QED) is 0.120. The van der Waals surface area contributed by atoms with Crippen molar-refractivity contribution < 1.29 is 51.6 Å². The SMILES string of the molecule is CNc1ccc(-c2nc(C(O)(O)O)n3cc(C)nc(N)c23)c(F)c1F.O=CC(O)c1cc(F)cc(C(F)(F)F)c1. The fourth-order valence-corrected chi connectivity index (χ4v) is 3.64. The highest BCUT2D eigenvalue weighted by atomic mass is 19.4. The fourth-order valence-electron chi connectivity index (χ4n) is 3.64. The number of anilines is 2. The Morgan fingerprint density at radius 3 is 2.25 bits per heavy atom. The lowest BCUT2D eigenvalue weighted by atomic mass is 10.1. The smallest absolute Gasteiger partial charge is 0.386 e. The number of imidazole rings is 1. The summed E-state index contributed by atoms with van der Waals surface area (Å²) in [5.74, 6) is -7.55. The summed E-state index contributed by atoms with van der Waals surface area (Å²) in [6, 6.07) is 4.04. The number of aromatic nitrogens is 3. The average Bonchev–Trinajstić information content (AvgIpc) is 3.24. The van der Waals surface area contributed by atoms with Crippen molar-refractivity contribution in [2.45, 2.75) is 25.2 Å². The van der Waals surface area contributed by atoms with Gasteiger partial charge in [0.25, 0.3) is 0 Å². The molecule has 0 saturated carbocycles. The van der Waals surface area contributed by atoms with Gasteiger partial charge >= 0.3 is 12.1 Å². The second-order valence-corrected chi connectivity index (χ2v) is 8.30. The highest BCUT2D eigenvalue weighted by Crippen LogP contribution is 2.35. The topological polar surface area (TPSA) is 166 Å². The van der Waals surface area contributed by atoms with Crippen molar-refractivity contribution in [1.82, 2.24) is 14.4 Å². The third kappa shape index (κ3) is 6.15. The number of nitrogen functional groups attached to an aromatic ring is 1. The molecular weight excluding hydrogens is 552 g/mol. The zero-order chi connectivity index (χ0) is 30.2. The van der Waals surface area contributed by atoms with Crippen molar-refractivity contribution in [3.8, 4) is 11.3 Å². The highest BCUT2D eigenvalue weighted by Gasteiger charge is 2.33. The molecule has 4 aromatic rings. The number of fused-ring (bicyclic) bond motifs is 1. The maximum Gasteiger partial charge on any atom is 0.416 e. The van der Waals surface area contributed by atoms with E-state index in [1.165, 1.54) is 25.4 Å². The first-order valence-electron chi connectivity index (χ1n) is 11.0. The van der Waals surface area contributed by atoms with Crippen LogP contribution in [0.1, 0.15) is 28.7 Å². The number of aliphatic hydroxyl groups is 4. The lowest BCUT2D eigenvalue weighted by molar-refractivity contribution is -0.329. The Balaban J connectivity index is 0.000000252. The molecule has 0 bridgehead atoms. The van der Waals surface area contributed by atoms with Crippen LogP contribution in [-0.4, -0.2) is 48.1 Å². The number of nitrogens with one attached hydrogen (secondary N) is 1. The van der Waals surface area contributed by atoms with E-state index < -0.39 is 52.7 Å². The number of aldehydes is 1. The van der Waals surface area contributed by atoms with Crippen molar-refractivity contribution in [3.63, 3.8) is 0 Å². The van der Waals surface area contributed by atoms with Crippen LogP contribution in [-0.2, 0) is 16.9 Å². The first-order valence-corrected chi connectivity index (χ1v) is 11.0. The van der Waals surface area contributed by atoms with E-state index in [1.807, 2.05) is 0 Å². The van der Waals surface area contributed by atoms with Gasteiger partial charge in [0.15, 0.2) is 17.9 Å². The van der Waals surface area contributed by atoms with E-state index in [9.17, 15) is 46.5 Å². The maximum atomic E-state index is 14.5. The van der Waals surface area contributed by atoms with Gasteiger partial charge in [0, 0.05) is 18.8 Å². The number of aryl methyl sites for hydroxylation is 1. The van der Waals surface area contributed by atoms with Crippen LogP contribution < -0.4 is 11.1 Å². The summed E-state index contributed by atoms with van der Waals surface area (Å²) in [5, 5.41) is 40.0. The lowest BCUT2D eigenvalue weighted by Crippen LogP contribution is -2.27. The number of rotatable bonds is 5. The predicted octanol–water partition coefficient (Wildman–Crippen LogP) is 2.77. The molecule has 7 N–H and O–H groups in total. The molecule has 2 aromatic carbocycles. The second kappa shape index (κ2) is 11.1. The van der Waals surface area contributed by atoms with Crippen LogP contribution in [0.2, 0.25) is 0 Å². The monoisotopic (exact) mass is 573 g/mol. The number of halogens is 6. The Bertz CT molecular complexity index is 1570. The Hall–Kier alpha value is -4.25. The zero-order valence-electron chi connectivity index (χ0n) is 20.5. The number of carbonyl (C=O) groups is 1. The number of nitrogens with two attached hydrogens (primary N) is 1. The average molecular weight is 573 g/mol. The maximum absolute atomic E-state index is 14.5. The highest BCUT2D eigenvalue weighted by molar-refractivity contribution is 5.86. The van der Waals surface area contributed by atoms with E-state index in [2.05, 4.69) is 15.3 Å². The number of hydrogen-bond donors (Lipinski definition) is 6. The fraction of sp³-hybridized carbons (Fsp3) is 0.208. The largest absolute Gasteiger partial charge is 0.416 e. The van der Waals surface area contributed by atoms with Crippen LogP contribution in [0.3, 0.4) is 0 Å². The summed E-state index contributed by atoms with van der Waals surface area (Å²) in [6.45, 7) is 1.58. The molecule has 214 valence electrons. The van der Waals surface area contributed by atoms with Crippen LogP contribution in [0.4, 0.5) is 37.8 Å². The van der Waals surface area contributed by atoms with Crippen LogP contribution in [0, 0.1) is 24.4 Å². The molecule has 0 fully saturated rings. The number of alkyl halides is 3. The minimum atomic E-state index is -4.71. The summed E-state index contributed by atoms with van der Waals surface area (Å²) < 4.78 is 78.9. The molecule has 0 aliphatic heterocycles. The van der Waals surface area contributed by atoms with E-state index >= 15 is 0 Å². The van der Waals surface area contributed by atoms with E-state index in [0.29, 0.717) is 23.9 Å². The van der Waals surface area contributed by atoms with Gasteiger partial charge in [-0.15, -0.1) is 0 Å². The molecule has 0 amide bonds. The molecule has 10 nitrogen and oxygen atoms in total. The Morgan fingerprint density at radius 2 is 1.70 bits per heavy atom. The molecule has 0 radical (unpaired) electrons. The van der Waals surface area contributed by atoms with Gasteiger partial charge in [-0.05, 0) is 42.8 Å². The van der Waals surface area contributed by atoms with E-state index in [-0.39, 0.29) is 34.6 Å². The van der Waals surface area contributed by atoms with Crippen molar-refractivity contribution in [1.29, 1.82) is 0 Å². The molecule has 2 aromatic heterocycles. The van der Waals surface area contributed by atoms with E-state index in [4.69, 9.17) is 10.8 Å². The molecule has 0 aliphatic carbocycles. The molecule has 40 heavy (non-hydrogen) atoms. The normalized spacial score (nSPS) is 12.6. The lowest BCUT2D eigenvalue weighted by Gasteiger charge is -2.12. The molecule has 0 spiro atoms. The first kappa shape index (κ1) is 30.3. The molecule has 0 aliphatic rings. The van der Waals surface area contributed by atoms with Crippen molar-refractivity contribution in [3.05, 3.63) is 76.6 Å². The number of aliphatic hydroxyl groups excluding tert-OH is 1. The Labute approximate surface area is 221 Å². The number of hydrogen-bond acceptors (Lipinski definition) is 9. The first-order chi connectivity index (χ1) is 18.5. The van der Waals surface area contributed by atoms with Crippen molar-refractivity contribution in [2.24, 2.45) is 0 Å². The molecule has 2 heterocycles. The minimum Gasteiger partial charge on any atom is -0.386 e. The predicted molar refractivity (Wildman–Crippen MR) is 128 cm³/mol. The van der Waals surface area contributed by atoms with E-state index in [1.54, 1.807) is 6.92 Å². The van der Waals surface area contributed by atoms with Gasteiger partial charge in [-0.1, -0.05) is 0 Å². The third-order valence-corrected chi connectivity index (χ3v) is 5.39. The molecule has 0 saturated heterocycles. The van der Waals surface area contributed by atoms with Crippen LogP contribution >= 0.6 is 0 Å². The summed E-state index contributed by atoms with van der Waals surface area (Å²) in [6.07, 6.45) is -5.11. The van der Waals surface area contributed by atoms with Crippen molar-refractivity contribution >= 4 is 23.3 Å². The van der Waals surface area contributed by atoms with Gasteiger partial charge in [0.2, 0.25) is 5.82 Å².